The number of amides is 1. The van der Waals surface area contributed by atoms with Gasteiger partial charge in [-0.2, -0.15) is 0 Å². The van der Waals surface area contributed by atoms with Crippen molar-refractivity contribution in [1.82, 2.24) is 14.9 Å². The van der Waals surface area contributed by atoms with Crippen LogP contribution in [0.1, 0.15) is 56.2 Å². The summed E-state index contributed by atoms with van der Waals surface area (Å²) >= 11 is 0. The number of aryl methyl sites for hydroxylation is 1. The highest BCUT2D eigenvalue weighted by Gasteiger charge is 2.29. The second-order valence-electron chi connectivity index (χ2n) is 10.5. The Bertz CT molecular complexity index is 1090. The molecule has 1 amide bonds. The molecule has 9 nitrogen and oxygen atoms in total. The summed E-state index contributed by atoms with van der Waals surface area (Å²) in [5.41, 5.74) is 3.77. The number of hydrogen-bond acceptors (Lipinski definition) is 8. The van der Waals surface area contributed by atoms with Gasteiger partial charge in [0.2, 0.25) is 0 Å². The van der Waals surface area contributed by atoms with E-state index < -0.39 is 5.60 Å². The summed E-state index contributed by atoms with van der Waals surface area (Å²) < 4.78 is 17.4. The molecule has 0 radical (unpaired) electrons. The third-order valence-electron chi connectivity index (χ3n) is 6.76. The fourth-order valence-electron chi connectivity index (χ4n) is 5.01. The molecule has 4 heterocycles. The second kappa shape index (κ2) is 9.53. The number of rotatable bonds is 2. The summed E-state index contributed by atoms with van der Waals surface area (Å²) in [6, 6.07) is 4.40. The summed E-state index contributed by atoms with van der Waals surface area (Å²) in [5.74, 6) is 2.92. The van der Waals surface area contributed by atoms with Crippen LogP contribution in [0.3, 0.4) is 0 Å². The Labute approximate surface area is 206 Å². The van der Waals surface area contributed by atoms with Gasteiger partial charge in [0.1, 0.15) is 35.9 Å². The maximum atomic E-state index is 12.5. The Morgan fingerprint density at radius 1 is 1.11 bits per heavy atom. The summed E-state index contributed by atoms with van der Waals surface area (Å²) in [5, 5.41) is 3.54. The van der Waals surface area contributed by atoms with Crippen LogP contribution in [0, 0.1) is 6.92 Å². The maximum absolute atomic E-state index is 12.5. The molecule has 1 aromatic heterocycles. The third-order valence-corrected chi connectivity index (χ3v) is 6.76. The highest BCUT2D eigenvalue weighted by Crippen LogP contribution is 2.41. The lowest BCUT2D eigenvalue weighted by Crippen LogP contribution is -2.41. The number of hydrogen-bond donors (Lipinski definition) is 1. The van der Waals surface area contributed by atoms with Crippen molar-refractivity contribution in [2.75, 3.05) is 49.6 Å². The number of nitrogens with zero attached hydrogens (tertiary/aromatic N) is 4. The van der Waals surface area contributed by atoms with Crippen LogP contribution < -0.4 is 15.0 Å². The topological polar surface area (TPSA) is 89.1 Å². The Balaban J connectivity index is 1.34. The van der Waals surface area contributed by atoms with Crippen LogP contribution >= 0.6 is 0 Å². The van der Waals surface area contributed by atoms with Crippen LogP contribution in [0.15, 0.2) is 18.5 Å². The molecule has 0 aliphatic carbocycles. The smallest absolute Gasteiger partial charge is 0.410 e. The maximum Gasteiger partial charge on any atom is 0.410 e. The molecule has 35 heavy (non-hydrogen) atoms. The van der Waals surface area contributed by atoms with Crippen molar-refractivity contribution in [3.63, 3.8) is 0 Å². The number of nitrogens with one attached hydrogen (secondary N) is 1. The number of morpholine rings is 1. The molecule has 0 spiro atoms. The standard InChI is InChI=1S/C26H35N5O4/c1-17-13-19(18-5-7-31(8-6-18)25(32)35-26(2,3)4)14-21-22(17)34-15-20-23(29-21)27-16-28-24(20)30-9-11-33-12-10-30/h13-14,16,18H,5-12,15H2,1-4H3,(H,27,28,29). The summed E-state index contributed by atoms with van der Waals surface area (Å²) in [6.45, 7) is 12.6. The van der Waals surface area contributed by atoms with E-state index in [4.69, 9.17) is 14.2 Å². The Morgan fingerprint density at radius 2 is 1.86 bits per heavy atom. The van der Waals surface area contributed by atoms with Gasteiger partial charge in [-0.25, -0.2) is 14.8 Å². The Hall–Kier alpha value is -3.07. The average molecular weight is 482 g/mol. The number of carbonyl (C=O) groups is 1. The number of carbonyl (C=O) groups excluding carboxylic acids is 1. The van der Waals surface area contributed by atoms with Crippen molar-refractivity contribution in [2.45, 2.75) is 58.7 Å². The molecule has 3 aliphatic heterocycles. The van der Waals surface area contributed by atoms with Crippen LogP contribution in [-0.4, -0.2) is 66.0 Å². The molecule has 188 valence electrons. The largest absolute Gasteiger partial charge is 0.486 e. The Kier molecular flexibility index (Phi) is 6.44. The van der Waals surface area contributed by atoms with Crippen molar-refractivity contribution in [3.05, 3.63) is 35.2 Å². The molecule has 2 fully saturated rings. The van der Waals surface area contributed by atoms with Crippen molar-refractivity contribution in [3.8, 4) is 5.75 Å². The van der Waals surface area contributed by atoms with Crippen LogP contribution in [-0.2, 0) is 16.1 Å². The van der Waals surface area contributed by atoms with Crippen LogP contribution in [0.5, 0.6) is 5.75 Å². The highest BCUT2D eigenvalue weighted by molar-refractivity contribution is 5.73. The molecule has 2 aromatic rings. The van der Waals surface area contributed by atoms with E-state index in [-0.39, 0.29) is 6.09 Å². The van der Waals surface area contributed by atoms with Gasteiger partial charge in [0.05, 0.1) is 24.5 Å². The molecule has 2 saturated heterocycles. The predicted molar refractivity (Wildman–Crippen MR) is 134 cm³/mol. The normalized spacial score (nSPS) is 18.6. The van der Waals surface area contributed by atoms with Gasteiger partial charge in [-0.05, 0) is 63.6 Å². The van der Waals surface area contributed by atoms with E-state index in [0.29, 0.717) is 38.8 Å². The molecular weight excluding hydrogens is 446 g/mol. The fraction of sp³-hybridized carbons (Fsp3) is 0.577. The zero-order valence-corrected chi connectivity index (χ0v) is 21.1. The number of likely N-dealkylation sites (tertiary alicyclic amines) is 1. The van der Waals surface area contributed by atoms with E-state index in [1.54, 1.807) is 6.33 Å². The van der Waals surface area contributed by atoms with E-state index >= 15 is 0 Å². The first kappa shape index (κ1) is 23.7. The van der Waals surface area contributed by atoms with E-state index in [1.807, 2.05) is 25.7 Å². The molecule has 0 saturated carbocycles. The van der Waals surface area contributed by atoms with Gasteiger partial charge in [-0.15, -0.1) is 0 Å². The lowest BCUT2D eigenvalue weighted by molar-refractivity contribution is 0.0205. The zero-order chi connectivity index (χ0) is 24.6. The van der Waals surface area contributed by atoms with Crippen molar-refractivity contribution >= 4 is 23.4 Å². The quantitative estimate of drug-likeness (QED) is 0.676. The van der Waals surface area contributed by atoms with Gasteiger partial charge in [-0.1, -0.05) is 6.07 Å². The minimum Gasteiger partial charge on any atom is -0.486 e. The van der Waals surface area contributed by atoms with Gasteiger partial charge >= 0.3 is 6.09 Å². The number of piperidine rings is 1. The van der Waals surface area contributed by atoms with E-state index in [2.05, 4.69) is 39.2 Å². The van der Waals surface area contributed by atoms with E-state index in [9.17, 15) is 4.79 Å². The van der Waals surface area contributed by atoms with Crippen LogP contribution in [0.4, 0.5) is 22.1 Å². The lowest BCUT2D eigenvalue weighted by Gasteiger charge is -2.34. The molecule has 1 N–H and O–H groups in total. The van der Waals surface area contributed by atoms with Crippen LogP contribution in [0.25, 0.3) is 0 Å². The average Bonchev–Trinajstić information content (AvgIpc) is 3.03. The van der Waals surface area contributed by atoms with Gasteiger partial charge in [0, 0.05) is 26.2 Å². The Morgan fingerprint density at radius 3 is 2.57 bits per heavy atom. The van der Waals surface area contributed by atoms with E-state index in [0.717, 1.165) is 60.1 Å². The van der Waals surface area contributed by atoms with E-state index in [1.165, 1.54) is 5.56 Å². The minimum absolute atomic E-state index is 0.225. The van der Waals surface area contributed by atoms with Crippen molar-refractivity contribution < 1.29 is 19.0 Å². The SMILES string of the molecule is Cc1cc(C2CCN(C(=O)OC(C)(C)C)CC2)cc2c1OCc1c(ncnc1N1CCOCC1)N2. The number of aromatic nitrogens is 2. The molecule has 0 unspecified atom stereocenters. The summed E-state index contributed by atoms with van der Waals surface area (Å²) in [6.07, 6.45) is 3.19. The number of ether oxygens (including phenoxy) is 3. The molecular formula is C26H35N5O4. The first-order chi connectivity index (χ1) is 16.8. The van der Waals surface area contributed by atoms with Gasteiger partial charge in [-0.3, -0.25) is 0 Å². The molecule has 0 bridgehead atoms. The van der Waals surface area contributed by atoms with Crippen LogP contribution in [0.2, 0.25) is 0 Å². The second-order valence-corrected chi connectivity index (χ2v) is 10.5. The number of anilines is 3. The summed E-state index contributed by atoms with van der Waals surface area (Å²) in [7, 11) is 0. The molecule has 5 rings (SSSR count). The van der Waals surface area contributed by atoms with Gasteiger partial charge in [0.25, 0.3) is 0 Å². The number of fused-ring (bicyclic) bond motifs is 2. The monoisotopic (exact) mass is 481 g/mol. The third kappa shape index (κ3) is 5.15. The molecule has 3 aliphatic rings. The van der Waals surface area contributed by atoms with Crippen molar-refractivity contribution in [2.24, 2.45) is 0 Å². The fourth-order valence-corrected chi connectivity index (χ4v) is 5.01. The highest BCUT2D eigenvalue weighted by atomic mass is 16.6. The first-order valence-corrected chi connectivity index (χ1v) is 12.5. The van der Waals surface area contributed by atoms with Gasteiger partial charge < -0.3 is 29.3 Å². The summed E-state index contributed by atoms with van der Waals surface area (Å²) in [4.78, 5) is 25.6. The first-order valence-electron chi connectivity index (χ1n) is 12.5. The minimum atomic E-state index is -0.477. The zero-order valence-electron chi connectivity index (χ0n) is 21.1. The van der Waals surface area contributed by atoms with Gasteiger partial charge in [0.15, 0.2) is 0 Å². The lowest BCUT2D eigenvalue weighted by atomic mass is 9.88. The predicted octanol–water partition coefficient (Wildman–Crippen LogP) is 4.37. The number of benzene rings is 1. The molecule has 9 heteroatoms. The van der Waals surface area contributed by atoms with Crippen molar-refractivity contribution in [1.29, 1.82) is 0 Å². The molecule has 0 atom stereocenters. The molecule has 1 aromatic carbocycles.